The molecule has 0 spiro atoms. The van der Waals surface area contributed by atoms with Gasteiger partial charge in [0.05, 0.1) is 12.1 Å². The van der Waals surface area contributed by atoms with E-state index in [4.69, 9.17) is 0 Å². The topological polar surface area (TPSA) is 75.2 Å². The molecule has 2 heterocycles. The number of rotatable bonds is 1. The molecule has 6 heteroatoms. The molecule has 0 aromatic carbocycles. The van der Waals surface area contributed by atoms with Crippen molar-refractivity contribution in [2.45, 2.75) is 6.42 Å². The van der Waals surface area contributed by atoms with E-state index in [2.05, 4.69) is 15.3 Å². The predicted octanol–water partition coefficient (Wildman–Crippen LogP) is -0.561. The molecule has 84 valence electrons. The Kier molecular flexibility index (Phi) is 3.09. The van der Waals surface area contributed by atoms with E-state index in [1.165, 1.54) is 23.6 Å². The van der Waals surface area contributed by atoms with Crippen LogP contribution in [0.4, 0.5) is 0 Å². The zero-order valence-electron chi connectivity index (χ0n) is 8.72. The van der Waals surface area contributed by atoms with Crippen LogP contribution in [-0.2, 0) is 4.79 Å². The maximum atomic E-state index is 12.0. The molecule has 1 aliphatic heterocycles. The molecule has 1 aromatic rings. The average molecular weight is 220 g/mol. The lowest BCUT2D eigenvalue weighted by molar-refractivity contribution is -0.121. The molecule has 0 saturated carbocycles. The zero-order chi connectivity index (χ0) is 11.4. The Balaban J connectivity index is 2.12. The maximum Gasteiger partial charge on any atom is 0.257 e. The molecule has 1 aliphatic rings. The van der Waals surface area contributed by atoms with Crippen molar-refractivity contribution < 1.29 is 9.59 Å². The number of carbonyl (C=O) groups is 2. The van der Waals surface area contributed by atoms with Crippen LogP contribution in [0.15, 0.2) is 18.7 Å². The Hall–Kier alpha value is -1.98. The van der Waals surface area contributed by atoms with E-state index in [1.54, 1.807) is 0 Å². The monoisotopic (exact) mass is 220 g/mol. The fourth-order valence-corrected chi connectivity index (χ4v) is 1.57. The van der Waals surface area contributed by atoms with Crippen LogP contribution in [-0.4, -0.2) is 46.3 Å². The van der Waals surface area contributed by atoms with Crippen molar-refractivity contribution in [3.8, 4) is 0 Å². The predicted molar refractivity (Wildman–Crippen MR) is 55.6 cm³/mol. The molecule has 1 aromatic heterocycles. The number of amides is 2. The van der Waals surface area contributed by atoms with E-state index in [-0.39, 0.29) is 18.4 Å². The first-order valence-corrected chi connectivity index (χ1v) is 5.08. The van der Waals surface area contributed by atoms with Gasteiger partial charge in [-0.25, -0.2) is 9.97 Å². The van der Waals surface area contributed by atoms with Gasteiger partial charge < -0.3 is 10.2 Å². The van der Waals surface area contributed by atoms with Gasteiger partial charge in [0.1, 0.15) is 6.33 Å². The first-order valence-electron chi connectivity index (χ1n) is 5.08. The minimum Gasteiger partial charge on any atom is -0.354 e. The van der Waals surface area contributed by atoms with Gasteiger partial charge in [0.2, 0.25) is 5.91 Å². The van der Waals surface area contributed by atoms with E-state index in [0.717, 1.165) is 6.42 Å². The molecule has 0 radical (unpaired) electrons. The number of aromatic nitrogens is 2. The normalized spacial score (nSPS) is 16.5. The largest absolute Gasteiger partial charge is 0.354 e. The summed E-state index contributed by atoms with van der Waals surface area (Å²) >= 11 is 0. The van der Waals surface area contributed by atoms with Crippen molar-refractivity contribution in [2.75, 3.05) is 19.6 Å². The fraction of sp³-hybridized carbons (Fsp3) is 0.400. The molecular weight excluding hydrogens is 208 g/mol. The highest BCUT2D eigenvalue weighted by Crippen LogP contribution is 2.04. The second kappa shape index (κ2) is 4.69. The Bertz CT molecular complexity index is 393. The lowest BCUT2D eigenvalue weighted by atomic mass is 10.3. The van der Waals surface area contributed by atoms with Gasteiger partial charge in [0, 0.05) is 25.5 Å². The molecule has 1 N–H and O–H groups in total. The van der Waals surface area contributed by atoms with Crippen LogP contribution in [0.3, 0.4) is 0 Å². The molecule has 2 rings (SSSR count). The highest BCUT2D eigenvalue weighted by Gasteiger charge is 2.20. The van der Waals surface area contributed by atoms with Crippen LogP contribution in [0.1, 0.15) is 16.8 Å². The molecule has 1 saturated heterocycles. The summed E-state index contributed by atoms with van der Waals surface area (Å²) in [6.45, 7) is 1.30. The van der Waals surface area contributed by atoms with E-state index in [9.17, 15) is 9.59 Å². The van der Waals surface area contributed by atoms with Crippen molar-refractivity contribution >= 4 is 11.8 Å². The first-order chi connectivity index (χ1) is 7.77. The first kappa shape index (κ1) is 10.5. The third-order valence-corrected chi connectivity index (χ3v) is 2.36. The van der Waals surface area contributed by atoms with Gasteiger partial charge in [0.15, 0.2) is 0 Å². The van der Waals surface area contributed by atoms with Crippen LogP contribution < -0.4 is 5.32 Å². The van der Waals surface area contributed by atoms with Gasteiger partial charge in [-0.15, -0.1) is 0 Å². The van der Waals surface area contributed by atoms with Crippen molar-refractivity contribution in [2.24, 2.45) is 0 Å². The van der Waals surface area contributed by atoms with Crippen molar-refractivity contribution in [3.05, 3.63) is 24.3 Å². The third kappa shape index (κ3) is 2.33. The molecule has 0 aliphatic carbocycles. The number of nitrogens with one attached hydrogen (secondary N) is 1. The highest BCUT2D eigenvalue weighted by molar-refractivity contribution is 5.96. The van der Waals surface area contributed by atoms with E-state index < -0.39 is 0 Å². The van der Waals surface area contributed by atoms with Gasteiger partial charge in [-0.1, -0.05) is 0 Å². The second-order valence-corrected chi connectivity index (χ2v) is 3.56. The number of nitrogens with zero attached hydrogens (tertiary/aromatic N) is 3. The summed E-state index contributed by atoms with van der Waals surface area (Å²) in [4.78, 5) is 32.3. The Labute approximate surface area is 92.7 Å². The van der Waals surface area contributed by atoms with Gasteiger partial charge in [-0.3, -0.25) is 9.59 Å². The van der Waals surface area contributed by atoms with Gasteiger partial charge >= 0.3 is 0 Å². The highest BCUT2D eigenvalue weighted by atomic mass is 16.2. The SMILES string of the molecule is O=C1CN(C(=O)c2cncnc2)CCCN1. The Morgan fingerprint density at radius 2 is 2.12 bits per heavy atom. The summed E-state index contributed by atoms with van der Waals surface area (Å²) in [7, 11) is 0. The van der Waals surface area contributed by atoms with Crippen LogP contribution in [0, 0.1) is 0 Å². The van der Waals surface area contributed by atoms with Gasteiger partial charge in [0.25, 0.3) is 5.91 Å². The molecule has 0 unspecified atom stereocenters. The summed E-state index contributed by atoms with van der Waals surface area (Å²) in [5, 5.41) is 2.72. The van der Waals surface area contributed by atoms with Crippen molar-refractivity contribution in [1.29, 1.82) is 0 Å². The van der Waals surface area contributed by atoms with Gasteiger partial charge in [-0.05, 0) is 6.42 Å². The van der Waals surface area contributed by atoms with Crippen LogP contribution in [0.2, 0.25) is 0 Å². The van der Waals surface area contributed by atoms with Crippen LogP contribution in [0.5, 0.6) is 0 Å². The standard InChI is InChI=1S/C10H12N4O2/c15-9-6-14(3-1-2-13-9)10(16)8-4-11-7-12-5-8/h4-5,7H,1-3,6H2,(H,13,15). The number of hydrogen-bond acceptors (Lipinski definition) is 4. The summed E-state index contributed by atoms with van der Waals surface area (Å²) in [5.41, 5.74) is 0.414. The molecular formula is C10H12N4O2. The molecule has 1 fully saturated rings. The maximum absolute atomic E-state index is 12.0. The summed E-state index contributed by atoms with van der Waals surface area (Å²) in [6.07, 6.45) is 5.05. The molecule has 0 bridgehead atoms. The average Bonchev–Trinajstić information content (AvgIpc) is 2.54. The zero-order valence-corrected chi connectivity index (χ0v) is 8.72. The minimum atomic E-state index is -0.197. The Morgan fingerprint density at radius 1 is 1.38 bits per heavy atom. The van der Waals surface area contributed by atoms with Crippen molar-refractivity contribution in [3.63, 3.8) is 0 Å². The molecule has 6 nitrogen and oxygen atoms in total. The number of carbonyl (C=O) groups excluding carboxylic acids is 2. The fourth-order valence-electron chi connectivity index (χ4n) is 1.57. The number of hydrogen-bond donors (Lipinski definition) is 1. The van der Waals surface area contributed by atoms with E-state index in [1.807, 2.05) is 0 Å². The van der Waals surface area contributed by atoms with Gasteiger partial charge in [-0.2, -0.15) is 0 Å². The minimum absolute atomic E-state index is 0.105. The van der Waals surface area contributed by atoms with Crippen molar-refractivity contribution in [1.82, 2.24) is 20.2 Å². The molecule has 2 amide bonds. The smallest absolute Gasteiger partial charge is 0.257 e. The van der Waals surface area contributed by atoms with Crippen LogP contribution in [0.25, 0.3) is 0 Å². The lowest BCUT2D eigenvalue weighted by Crippen LogP contribution is -2.37. The molecule has 0 atom stereocenters. The summed E-state index contributed by atoms with van der Waals surface area (Å²) < 4.78 is 0. The third-order valence-electron chi connectivity index (χ3n) is 2.36. The molecule has 16 heavy (non-hydrogen) atoms. The quantitative estimate of drug-likeness (QED) is 0.688. The summed E-state index contributed by atoms with van der Waals surface area (Å²) in [5.74, 6) is -0.319. The lowest BCUT2D eigenvalue weighted by Gasteiger charge is -2.18. The second-order valence-electron chi connectivity index (χ2n) is 3.56. The van der Waals surface area contributed by atoms with Crippen LogP contribution >= 0.6 is 0 Å². The van der Waals surface area contributed by atoms with E-state index in [0.29, 0.717) is 18.7 Å². The Morgan fingerprint density at radius 3 is 2.88 bits per heavy atom. The van der Waals surface area contributed by atoms with E-state index >= 15 is 0 Å². The summed E-state index contributed by atoms with van der Waals surface area (Å²) in [6, 6.07) is 0.